The van der Waals surface area contributed by atoms with Gasteiger partial charge in [-0.3, -0.25) is 4.98 Å². The Bertz CT molecular complexity index is 255. The average Bonchev–Trinajstić information content (AvgIpc) is 2.87. The number of hydrogen-bond donors (Lipinski definition) is 0. The van der Waals surface area contributed by atoms with E-state index >= 15 is 0 Å². The van der Waals surface area contributed by atoms with Crippen molar-refractivity contribution in [1.29, 1.82) is 0 Å². The fourth-order valence-corrected chi connectivity index (χ4v) is 1.93. The van der Waals surface area contributed by atoms with Crippen molar-refractivity contribution in [2.45, 2.75) is 23.7 Å². The molecule has 0 bridgehead atoms. The molecule has 0 N–H and O–H groups in total. The summed E-state index contributed by atoms with van der Waals surface area (Å²) in [6.07, 6.45) is 8.73. The van der Waals surface area contributed by atoms with E-state index in [2.05, 4.69) is 17.3 Å². The van der Waals surface area contributed by atoms with Crippen LogP contribution in [0.2, 0.25) is 0 Å². The lowest BCUT2D eigenvalue weighted by molar-refractivity contribution is 1.04. The van der Waals surface area contributed by atoms with Crippen LogP contribution < -0.4 is 0 Å². The Labute approximate surface area is 71.2 Å². The van der Waals surface area contributed by atoms with E-state index < -0.39 is 0 Å². The van der Waals surface area contributed by atoms with Gasteiger partial charge in [-0.25, -0.2) is 0 Å². The molecule has 0 spiro atoms. The van der Waals surface area contributed by atoms with Gasteiger partial charge in [0, 0.05) is 17.3 Å². The summed E-state index contributed by atoms with van der Waals surface area (Å²) >= 11 is 1.80. The minimum Gasteiger partial charge on any atom is -0.264 e. The molecule has 0 unspecified atom stereocenters. The second kappa shape index (κ2) is 2.86. The molecule has 1 aromatic heterocycles. The van der Waals surface area contributed by atoms with Crippen LogP contribution in [0.25, 0.3) is 0 Å². The molecule has 0 amide bonds. The van der Waals surface area contributed by atoms with Crippen LogP contribution in [0.4, 0.5) is 0 Å². The Morgan fingerprint density at radius 3 is 3.00 bits per heavy atom. The Hall–Kier alpha value is -0.500. The van der Waals surface area contributed by atoms with Crippen LogP contribution in [0, 0.1) is 0 Å². The zero-order chi connectivity index (χ0) is 7.68. The third kappa shape index (κ3) is 1.41. The first kappa shape index (κ1) is 7.17. The standard InChI is InChI=1S/C9H11NS/c1-11-9-6-10-5-4-8(9)7-2-3-7/h4-7H,2-3H2,1H3. The van der Waals surface area contributed by atoms with E-state index in [0.29, 0.717) is 0 Å². The quantitative estimate of drug-likeness (QED) is 0.625. The van der Waals surface area contributed by atoms with E-state index in [0.717, 1.165) is 5.92 Å². The van der Waals surface area contributed by atoms with Crippen molar-refractivity contribution in [3.8, 4) is 0 Å². The van der Waals surface area contributed by atoms with Crippen LogP contribution in [-0.4, -0.2) is 11.2 Å². The zero-order valence-corrected chi connectivity index (χ0v) is 7.40. The molecule has 0 aromatic carbocycles. The second-order valence-electron chi connectivity index (χ2n) is 2.89. The summed E-state index contributed by atoms with van der Waals surface area (Å²) in [5.41, 5.74) is 1.51. The van der Waals surface area contributed by atoms with Crippen molar-refractivity contribution in [2.24, 2.45) is 0 Å². The fraction of sp³-hybridized carbons (Fsp3) is 0.444. The number of rotatable bonds is 2. The topological polar surface area (TPSA) is 12.9 Å². The zero-order valence-electron chi connectivity index (χ0n) is 6.58. The van der Waals surface area contributed by atoms with Crippen LogP contribution in [-0.2, 0) is 0 Å². The maximum Gasteiger partial charge on any atom is 0.0406 e. The summed E-state index contributed by atoms with van der Waals surface area (Å²) in [7, 11) is 0. The smallest absolute Gasteiger partial charge is 0.0406 e. The number of nitrogens with zero attached hydrogens (tertiary/aromatic N) is 1. The molecule has 0 atom stereocenters. The van der Waals surface area contributed by atoms with Gasteiger partial charge in [0.15, 0.2) is 0 Å². The molecular weight excluding hydrogens is 154 g/mol. The largest absolute Gasteiger partial charge is 0.264 e. The van der Waals surface area contributed by atoms with Gasteiger partial charge in [-0.1, -0.05) is 0 Å². The highest BCUT2D eigenvalue weighted by Gasteiger charge is 2.25. The number of hydrogen-bond acceptors (Lipinski definition) is 2. The molecule has 2 heteroatoms. The monoisotopic (exact) mass is 165 g/mol. The molecule has 1 fully saturated rings. The predicted molar refractivity (Wildman–Crippen MR) is 48.0 cm³/mol. The predicted octanol–water partition coefficient (Wildman–Crippen LogP) is 2.68. The highest BCUT2D eigenvalue weighted by atomic mass is 32.2. The molecule has 1 aliphatic carbocycles. The van der Waals surface area contributed by atoms with Gasteiger partial charge in [-0.15, -0.1) is 11.8 Å². The highest BCUT2D eigenvalue weighted by molar-refractivity contribution is 7.98. The van der Waals surface area contributed by atoms with Crippen LogP contribution >= 0.6 is 11.8 Å². The first-order valence-corrected chi connectivity index (χ1v) is 5.12. The highest BCUT2D eigenvalue weighted by Crippen LogP contribution is 2.43. The average molecular weight is 165 g/mol. The van der Waals surface area contributed by atoms with Crippen molar-refractivity contribution in [3.63, 3.8) is 0 Å². The van der Waals surface area contributed by atoms with Gasteiger partial charge < -0.3 is 0 Å². The summed E-state index contributed by atoms with van der Waals surface area (Å²) in [5.74, 6) is 0.848. The molecule has 0 aliphatic heterocycles. The number of thioether (sulfide) groups is 1. The van der Waals surface area contributed by atoms with Gasteiger partial charge in [-0.2, -0.15) is 0 Å². The third-order valence-corrected chi connectivity index (χ3v) is 2.83. The van der Waals surface area contributed by atoms with E-state index in [1.54, 1.807) is 11.8 Å². The van der Waals surface area contributed by atoms with Gasteiger partial charge in [-0.05, 0) is 36.6 Å². The van der Waals surface area contributed by atoms with Crippen LogP contribution in [0.5, 0.6) is 0 Å². The molecule has 1 heterocycles. The third-order valence-electron chi connectivity index (χ3n) is 2.05. The van der Waals surface area contributed by atoms with Gasteiger partial charge in [0.1, 0.15) is 0 Å². The van der Waals surface area contributed by atoms with Gasteiger partial charge in [0.2, 0.25) is 0 Å². The van der Waals surface area contributed by atoms with Crippen molar-refractivity contribution in [3.05, 3.63) is 24.0 Å². The molecule has 0 saturated heterocycles. The molecule has 0 radical (unpaired) electrons. The van der Waals surface area contributed by atoms with E-state index in [1.807, 2.05) is 12.4 Å². The second-order valence-corrected chi connectivity index (χ2v) is 3.74. The molecule has 2 rings (SSSR count). The summed E-state index contributed by atoms with van der Waals surface area (Å²) in [6.45, 7) is 0. The molecular formula is C9H11NS. The van der Waals surface area contributed by atoms with Gasteiger partial charge >= 0.3 is 0 Å². The fourth-order valence-electron chi connectivity index (χ4n) is 1.29. The van der Waals surface area contributed by atoms with Gasteiger partial charge in [0.05, 0.1) is 0 Å². The van der Waals surface area contributed by atoms with Crippen LogP contribution in [0.1, 0.15) is 24.3 Å². The normalized spacial score (nSPS) is 16.8. The lowest BCUT2D eigenvalue weighted by Crippen LogP contribution is -1.84. The summed E-state index contributed by atoms with van der Waals surface area (Å²) < 4.78 is 0. The minimum absolute atomic E-state index is 0.848. The van der Waals surface area contributed by atoms with Gasteiger partial charge in [0.25, 0.3) is 0 Å². The summed E-state index contributed by atoms with van der Waals surface area (Å²) in [6, 6.07) is 2.16. The summed E-state index contributed by atoms with van der Waals surface area (Å²) in [5, 5.41) is 0. The van der Waals surface area contributed by atoms with Crippen LogP contribution in [0.15, 0.2) is 23.4 Å². The lowest BCUT2D eigenvalue weighted by Gasteiger charge is -2.02. The van der Waals surface area contributed by atoms with Crippen molar-refractivity contribution < 1.29 is 0 Å². The van der Waals surface area contributed by atoms with E-state index in [9.17, 15) is 0 Å². The molecule has 1 aliphatic rings. The van der Waals surface area contributed by atoms with Crippen LogP contribution in [0.3, 0.4) is 0 Å². The minimum atomic E-state index is 0.848. The Kier molecular flexibility index (Phi) is 1.86. The Balaban J connectivity index is 2.34. The molecule has 58 valence electrons. The number of pyridine rings is 1. The Morgan fingerprint density at radius 2 is 2.36 bits per heavy atom. The molecule has 11 heavy (non-hydrogen) atoms. The van der Waals surface area contributed by atoms with Crippen molar-refractivity contribution >= 4 is 11.8 Å². The van der Waals surface area contributed by atoms with E-state index in [4.69, 9.17) is 0 Å². The van der Waals surface area contributed by atoms with E-state index in [-0.39, 0.29) is 0 Å². The Morgan fingerprint density at radius 1 is 1.55 bits per heavy atom. The first-order valence-electron chi connectivity index (χ1n) is 3.89. The van der Waals surface area contributed by atoms with Crippen molar-refractivity contribution in [2.75, 3.05) is 6.26 Å². The maximum absolute atomic E-state index is 4.11. The maximum atomic E-state index is 4.11. The molecule has 1 aromatic rings. The molecule has 1 saturated carbocycles. The number of aromatic nitrogens is 1. The summed E-state index contributed by atoms with van der Waals surface area (Å²) in [4.78, 5) is 5.46. The molecule has 1 nitrogen and oxygen atoms in total. The SMILES string of the molecule is CSc1cnccc1C1CC1. The lowest BCUT2D eigenvalue weighted by atomic mass is 10.2. The first-order chi connectivity index (χ1) is 5.42. The van der Waals surface area contributed by atoms with Crippen molar-refractivity contribution in [1.82, 2.24) is 4.98 Å². The van der Waals surface area contributed by atoms with E-state index in [1.165, 1.54) is 23.3 Å².